The largest absolute Gasteiger partial charge is 0.484 e. The fourth-order valence-electron chi connectivity index (χ4n) is 2.12. The molecule has 1 aromatic carbocycles. The van der Waals surface area contributed by atoms with Gasteiger partial charge in [0.1, 0.15) is 11.8 Å². The predicted octanol–water partition coefficient (Wildman–Crippen LogP) is 1.42. The van der Waals surface area contributed by atoms with Crippen molar-refractivity contribution in [2.45, 2.75) is 18.6 Å². The first-order chi connectivity index (χ1) is 9.88. The van der Waals surface area contributed by atoms with Gasteiger partial charge in [-0.15, -0.1) is 0 Å². The molecule has 0 spiro atoms. The zero-order valence-electron chi connectivity index (χ0n) is 10.8. The van der Waals surface area contributed by atoms with E-state index in [1.807, 2.05) is 0 Å². The molecule has 21 heavy (non-hydrogen) atoms. The number of ether oxygens (including phenoxy) is 1. The summed E-state index contributed by atoms with van der Waals surface area (Å²) in [7, 11) is 0. The van der Waals surface area contributed by atoms with Gasteiger partial charge in [-0.1, -0.05) is 23.2 Å². The number of hydrogen-bond acceptors (Lipinski definition) is 4. The van der Waals surface area contributed by atoms with Crippen molar-refractivity contribution in [3.8, 4) is 5.75 Å². The quantitative estimate of drug-likeness (QED) is 0.870. The van der Waals surface area contributed by atoms with Crippen LogP contribution < -0.4 is 4.74 Å². The van der Waals surface area contributed by atoms with Gasteiger partial charge in [0.15, 0.2) is 6.61 Å². The molecular weight excluding hydrogens is 321 g/mol. The Morgan fingerprint density at radius 3 is 2.67 bits per heavy atom. The fraction of sp³-hybridized carbons (Fsp3) is 0.385. The highest BCUT2D eigenvalue weighted by atomic mass is 35.5. The lowest BCUT2D eigenvalue weighted by molar-refractivity contribution is -0.148. The molecule has 0 unspecified atom stereocenters. The van der Waals surface area contributed by atoms with Crippen LogP contribution in [0.1, 0.15) is 6.42 Å². The average Bonchev–Trinajstić information content (AvgIpc) is 2.82. The minimum absolute atomic E-state index is 0.0134. The van der Waals surface area contributed by atoms with Crippen molar-refractivity contribution in [1.29, 1.82) is 0 Å². The van der Waals surface area contributed by atoms with Crippen molar-refractivity contribution >= 4 is 35.1 Å². The molecule has 0 aliphatic carbocycles. The van der Waals surface area contributed by atoms with Gasteiger partial charge < -0.3 is 19.8 Å². The minimum atomic E-state index is -1.14. The molecule has 0 bridgehead atoms. The van der Waals surface area contributed by atoms with Crippen LogP contribution in [0.5, 0.6) is 5.75 Å². The van der Waals surface area contributed by atoms with Crippen LogP contribution in [0.15, 0.2) is 18.2 Å². The number of amides is 1. The third kappa shape index (κ3) is 3.78. The molecule has 1 aromatic rings. The van der Waals surface area contributed by atoms with E-state index in [0.717, 1.165) is 4.90 Å². The van der Waals surface area contributed by atoms with Gasteiger partial charge in [-0.25, -0.2) is 4.79 Å². The summed E-state index contributed by atoms with van der Waals surface area (Å²) < 4.78 is 5.27. The number of carboxylic acid groups (broad SMARTS) is 1. The highest BCUT2D eigenvalue weighted by Crippen LogP contribution is 2.26. The van der Waals surface area contributed by atoms with E-state index >= 15 is 0 Å². The predicted molar refractivity (Wildman–Crippen MR) is 75.7 cm³/mol. The number of benzene rings is 1. The Kier molecular flexibility index (Phi) is 4.92. The maximum atomic E-state index is 12.0. The van der Waals surface area contributed by atoms with Crippen LogP contribution >= 0.6 is 23.2 Å². The van der Waals surface area contributed by atoms with Crippen LogP contribution in [0.3, 0.4) is 0 Å². The number of hydrogen-bond donors (Lipinski definition) is 2. The smallest absolute Gasteiger partial charge is 0.326 e. The summed E-state index contributed by atoms with van der Waals surface area (Å²) in [6.45, 7) is -0.352. The maximum Gasteiger partial charge on any atom is 0.326 e. The summed E-state index contributed by atoms with van der Waals surface area (Å²) in [5.41, 5.74) is 0. The van der Waals surface area contributed by atoms with Crippen LogP contribution in [0.2, 0.25) is 10.0 Å². The Balaban J connectivity index is 1.97. The number of carbonyl (C=O) groups is 2. The van der Waals surface area contributed by atoms with E-state index in [1.165, 1.54) is 12.1 Å². The lowest BCUT2D eigenvalue weighted by atomic mass is 10.2. The molecule has 6 nitrogen and oxygen atoms in total. The summed E-state index contributed by atoms with van der Waals surface area (Å²) in [5.74, 6) is -1.30. The van der Waals surface area contributed by atoms with Crippen molar-refractivity contribution in [2.24, 2.45) is 0 Å². The molecule has 1 aliphatic heterocycles. The summed E-state index contributed by atoms with van der Waals surface area (Å²) >= 11 is 11.6. The number of carboxylic acids is 1. The molecule has 0 aromatic heterocycles. The van der Waals surface area contributed by atoms with Gasteiger partial charge in [0.05, 0.1) is 16.1 Å². The van der Waals surface area contributed by atoms with Gasteiger partial charge in [-0.3, -0.25) is 4.79 Å². The number of β-amino-alcohol motifs (C(OH)–C–C–N with tert-alkyl or cyclic N) is 1. The molecule has 1 saturated heterocycles. The van der Waals surface area contributed by atoms with Crippen molar-refractivity contribution in [3.63, 3.8) is 0 Å². The number of aliphatic hydroxyl groups is 1. The average molecular weight is 334 g/mol. The van der Waals surface area contributed by atoms with Gasteiger partial charge in [0.2, 0.25) is 0 Å². The van der Waals surface area contributed by atoms with E-state index in [4.69, 9.17) is 33.0 Å². The summed E-state index contributed by atoms with van der Waals surface area (Å²) in [6.07, 6.45) is -0.812. The first kappa shape index (κ1) is 15.9. The Hall–Kier alpha value is -1.50. The van der Waals surface area contributed by atoms with Crippen molar-refractivity contribution in [2.75, 3.05) is 13.2 Å². The monoisotopic (exact) mass is 333 g/mol. The first-order valence-electron chi connectivity index (χ1n) is 6.16. The van der Waals surface area contributed by atoms with Gasteiger partial charge in [-0.05, 0) is 12.1 Å². The normalized spacial score (nSPS) is 21.4. The number of rotatable bonds is 4. The summed E-state index contributed by atoms with van der Waals surface area (Å²) in [4.78, 5) is 24.1. The summed E-state index contributed by atoms with van der Waals surface area (Å²) in [5, 5.41) is 19.2. The molecule has 0 saturated carbocycles. The second-order valence-corrected chi connectivity index (χ2v) is 5.47. The fourth-order valence-corrected chi connectivity index (χ4v) is 2.41. The van der Waals surface area contributed by atoms with Crippen LogP contribution in [-0.2, 0) is 9.59 Å². The first-order valence-corrected chi connectivity index (χ1v) is 6.92. The number of aliphatic hydroxyl groups excluding tert-OH is 1. The standard InChI is InChI=1S/C13H13Cl2NO5/c14-9-2-1-8(4-10(9)15)21-6-12(18)16-5-7(17)3-11(16)13(19)20/h1-2,4,7,11,17H,3,5-6H2,(H,19,20)/t7-,11-/m1/s1. The Labute approximate surface area is 130 Å². The molecule has 114 valence electrons. The lowest BCUT2D eigenvalue weighted by Gasteiger charge is -2.21. The molecule has 2 N–H and O–H groups in total. The minimum Gasteiger partial charge on any atom is -0.484 e. The lowest BCUT2D eigenvalue weighted by Crippen LogP contribution is -2.42. The topological polar surface area (TPSA) is 87.1 Å². The molecule has 2 rings (SSSR count). The van der Waals surface area contributed by atoms with E-state index in [0.29, 0.717) is 15.8 Å². The third-order valence-electron chi connectivity index (χ3n) is 3.14. The molecule has 1 heterocycles. The van der Waals surface area contributed by atoms with Gasteiger partial charge in [0.25, 0.3) is 5.91 Å². The van der Waals surface area contributed by atoms with Gasteiger partial charge in [-0.2, -0.15) is 0 Å². The van der Waals surface area contributed by atoms with E-state index in [-0.39, 0.29) is 19.6 Å². The van der Waals surface area contributed by atoms with Crippen molar-refractivity contribution in [1.82, 2.24) is 4.90 Å². The van der Waals surface area contributed by atoms with E-state index < -0.39 is 24.0 Å². The van der Waals surface area contributed by atoms with Crippen molar-refractivity contribution in [3.05, 3.63) is 28.2 Å². The van der Waals surface area contributed by atoms with E-state index in [1.54, 1.807) is 6.07 Å². The second-order valence-electron chi connectivity index (χ2n) is 4.65. The number of nitrogens with zero attached hydrogens (tertiary/aromatic N) is 1. The SMILES string of the molecule is O=C(O)[C@H]1C[C@@H](O)CN1C(=O)COc1ccc(Cl)c(Cl)c1. The Morgan fingerprint density at radius 1 is 1.33 bits per heavy atom. The van der Waals surface area contributed by atoms with Crippen LogP contribution in [0, 0.1) is 0 Å². The molecular formula is C13H13Cl2NO5. The molecule has 1 amide bonds. The number of aliphatic carboxylic acids is 1. The third-order valence-corrected chi connectivity index (χ3v) is 3.88. The Bertz CT molecular complexity index is 565. The van der Waals surface area contributed by atoms with Crippen molar-refractivity contribution < 1.29 is 24.5 Å². The van der Waals surface area contributed by atoms with Gasteiger partial charge >= 0.3 is 5.97 Å². The summed E-state index contributed by atoms with van der Waals surface area (Å²) in [6, 6.07) is 3.52. The van der Waals surface area contributed by atoms with Gasteiger partial charge in [0, 0.05) is 19.0 Å². The van der Waals surface area contributed by atoms with E-state index in [2.05, 4.69) is 0 Å². The van der Waals surface area contributed by atoms with Crippen LogP contribution in [0.25, 0.3) is 0 Å². The Morgan fingerprint density at radius 2 is 2.05 bits per heavy atom. The van der Waals surface area contributed by atoms with E-state index in [9.17, 15) is 14.7 Å². The highest BCUT2D eigenvalue weighted by Gasteiger charge is 2.38. The molecule has 0 radical (unpaired) electrons. The molecule has 1 aliphatic rings. The second kappa shape index (κ2) is 6.51. The van der Waals surface area contributed by atoms with Crippen LogP contribution in [0.4, 0.5) is 0 Å². The number of likely N-dealkylation sites (tertiary alicyclic amines) is 1. The number of carbonyl (C=O) groups excluding carboxylic acids is 1. The molecule has 1 fully saturated rings. The zero-order chi connectivity index (χ0) is 15.6. The van der Waals surface area contributed by atoms with Crippen LogP contribution in [-0.4, -0.2) is 52.3 Å². The number of halogens is 2. The molecule has 2 atom stereocenters. The maximum absolute atomic E-state index is 12.0. The zero-order valence-corrected chi connectivity index (χ0v) is 12.3. The molecule has 8 heteroatoms. The highest BCUT2D eigenvalue weighted by molar-refractivity contribution is 6.42.